The third-order valence-electron chi connectivity index (χ3n) is 4.37. The molecule has 0 unspecified atom stereocenters. The first-order valence-electron chi connectivity index (χ1n) is 8.45. The van der Waals surface area contributed by atoms with Crippen LogP contribution in [0.2, 0.25) is 0 Å². The van der Waals surface area contributed by atoms with Gasteiger partial charge in [0.2, 0.25) is 5.91 Å². The number of hydrogen-bond donors (Lipinski definition) is 3. The summed E-state index contributed by atoms with van der Waals surface area (Å²) >= 11 is 0. The molecule has 2 amide bonds. The van der Waals surface area contributed by atoms with E-state index in [1.807, 2.05) is 0 Å². The number of methoxy groups -OCH3 is 2. The Hall–Kier alpha value is -3.15. The summed E-state index contributed by atoms with van der Waals surface area (Å²) in [6.07, 6.45) is -6.55. The molecule has 0 radical (unpaired) electrons. The van der Waals surface area contributed by atoms with Crippen LogP contribution < -0.4 is 11.1 Å². The van der Waals surface area contributed by atoms with E-state index in [2.05, 4.69) is 14.8 Å². The molecule has 1 aromatic carbocycles. The molecular weight excluding hydrogens is 413 g/mol. The minimum atomic E-state index is -4.60. The Morgan fingerprint density at radius 2 is 1.50 bits per heavy atom. The fourth-order valence-electron chi connectivity index (χ4n) is 2.67. The molecule has 4 N–H and O–H groups in total. The van der Waals surface area contributed by atoms with Crippen LogP contribution in [0.5, 0.6) is 0 Å². The lowest BCUT2D eigenvalue weighted by Gasteiger charge is -2.27. The standard InChI is InChI=1S/C18H21F3N2O7/c1-8(11(16(27)29-2)17(28)30-3)12(14(22)25)23-15(26)13(24)9-4-6-10(7-5-9)18(19,20)21/h4-8,11-13,24H,1-3H3,(H2,22,25)(H,23,26)/t8-,12-,13-/m1/s1. The highest BCUT2D eigenvalue weighted by Gasteiger charge is 2.42. The summed E-state index contributed by atoms with van der Waals surface area (Å²) in [4.78, 5) is 47.9. The van der Waals surface area contributed by atoms with Crippen LogP contribution >= 0.6 is 0 Å². The normalized spacial score (nSPS) is 14.4. The number of aliphatic hydroxyl groups excluding tert-OH is 1. The number of carbonyl (C=O) groups is 4. The predicted molar refractivity (Wildman–Crippen MR) is 94.2 cm³/mol. The van der Waals surface area contributed by atoms with Crippen LogP contribution in [-0.4, -0.2) is 49.1 Å². The van der Waals surface area contributed by atoms with E-state index in [1.54, 1.807) is 0 Å². The van der Waals surface area contributed by atoms with Crippen LogP contribution in [-0.2, 0) is 34.8 Å². The largest absolute Gasteiger partial charge is 0.468 e. The molecule has 0 saturated heterocycles. The number of ether oxygens (including phenoxy) is 2. The SMILES string of the molecule is COC(=O)C(C(=O)OC)[C@@H](C)[C@@H](NC(=O)[C@H](O)c1ccc(C(F)(F)F)cc1)C(N)=O. The minimum absolute atomic E-state index is 0.186. The average Bonchev–Trinajstić information content (AvgIpc) is 2.69. The van der Waals surface area contributed by atoms with Crippen LogP contribution in [0.4, 0.5) is 13.2 Å². The molecule has 9 nitrogen and oxygen atoms in total. The molecule has 0 aliphatic rings. The van der Waals surface area contributed by atoms with Crippen LogP contribution in [0.3, 0.4) is 0 Å². The Bertz CT molecular complexity index is 780. The topological polar surface area (TPSA) is 145 Å². The second kappa shape index (κ2) is 10.1. The van der Waals surface area contributed by atoms with Crippen LogP contribution in [0.1, 0.15) is 24.2 Å². The summed E-state index contributed by atoms with van der Waals surface area (Å²) in [6, 6.07) is 1.52. The highest BCUT2D eigenvalue weighted by Crippen LogP contribution is 2.30. The lowest BCUT2D eigenvalue weighted by molar-refractivity contribution is -0.162. The molecule has 12 heteroatoms. The molecule has 30 heavy (non-hydrogen) atoms. The van der Waals surface area contributed by atoms with Gasteiger partial charge in [0.15, 0.2) is 12.0 Å². The van der Waals surface area contributed by atoms with Gasteiger partial charge >= 0.3 is 18.1 Å². The van der Waals surface area contributed by atoms with Gasteiger partial charge in [-0.05, 0) is 17.7 Å². The number of halogens is 3. The number of nitrogens with two attached hydrogens (primary N) is 1. The molecule has 1 rings (SSSR count). The van der Waals surface area contributed by atoms with Crippen molar-refractivity contribution in [3.05, 3.63) is 35.4 Å². The Morgan fingerprint density at radius 1 is 1.03 bits per heavy atom. The van der Waals surface area contributed by atoms with Gasteiger partial charge in [0, 0.05) is 5.92 Å². The third-order valence-corrected chi connectivity index (χ3v) is 4.37. The van der Waals surface area contributed by atoms with Gasteiger partial charge < -0.3 is 25.6 Å². The van der Waals surface area contributed by atoms with E-state index >= 15 is 0 Å². The van der Waals surface area contributed by atoms with Crippen LogP contribution in [0.15, 0.2) is 24.3 Å². The lowest BCUT2D eigenvalue weighted by Crippen LogP contribution is -2.53. The molecule has 0 heterocycles. The molecule has 1 aromatic rings. The van der Waals surface area contributed by atoms with E-state index < -0.39 is 59.5 Å². The molecule has 3 atom stereocenters. The summed E-state index contributed by atoms with van der Waals surface area (Å²) < 4.78 is 46.9. The maximum atomic E-state index is 12.6. The number of nitrogens with one attached hydrogen (secondary N) is 1. The number of esters is 2. The van der Waals surface area contributed by atoms with Crippen molar-refractivity contribution in [2.45, 2.75) is 25.2 Å². The van der Waals surface area contributed by atoms with Crippen molar-refractivity contribution in [1.29, 1.82) is 0 Å². The van der Waals surface area contributed by atoms with Gasteiger partial charge in [0.05, 0.1) is 19.8 Å². The van der Waals surface area contributed by atoms with Gasteiger partial charge in [0.25, 0.3) is 5.91 Å². The van der Waals surface area contributed by atoms with Gasteiger partial charge in [-0.2, -0.15) is 13.2 Å². The van der Waals surface area contributed by atoms with Gasteiger partial charge in [-0.3, -0.25) is 19.2 Å². The average molecular weight is 434 g/mol. The number of hydrogen-bond acceptors (Lipinski definition) is 7. The molecule has 166 valence electrons. The molecular formula is C18H21F3N2O7. The number of carbonyl (C=O) groups excluding carboxylic acids is 4. The maximum Gasteiger partial charge on any atom is 0.416 e. The zero-order valence-corrected chi connectivity index (χ0v) is 16.2. The van der Waals surface area contributed by atoms with Crippen LogP contribution in [0.25, 0.3) is 0 Å². The first-order chi connectivity index (χ1) is 13.8. The number of rotatable bonds is 8. The third kappa shape index (κ3) is 5.92. The smallest absolute Gasteiger partial charge is 0.416 e. The van der Waals surface area contributed by atoms with Gasteiger partial charge in [-0.1, -0.05) is 19.1 Å². The summed E-state index contributed by atoms with van der Waals surface area (Å²) in [5, 5.41) is 12.2. The van der Waals surface area contributed by atoms with Crippen molar-refractivity contribution < 1.29 is 46.9 Å². The monoisotopic (exact) mass is 434 g/mol. The van der Waals surface area contributed by atoms with Gasteiger partial charge in [-0.15, -0.1) is 0 Å². The summed E-state index contributed by atoms with van der Waals surface area (Å²) in [5.41, 5.74) is 4.08. The molecule has 0 aliphatic carbocycles. The fourth-order valence-corrected chi connectivity index (χ4v) is 2.67. The van der Waals surface area contributed by atoms with E-state index in [-0.39, 0.29) is 5.56 Å². The Kier molecular flexibility index (Phi) is 8.34. The zero-order valence-electron chi connectivity index (χ0n) is 16.2. The Labute approximate surface area is 169 Å². The first kappa shape index (κ1) is 24.9. The summed E-state index contributed by atoms with van der Waals surface area (Å²) in [5.74, 6) is -7.24. The zero-order chi connectivity index (χ0) is 23.2. The van der Waals surface area contributed by atoms with Crippen molar-refractivity contribution in [3.63, 3.8) is 0 Å². The van der Waals surface area contributed by atoms with E-state index in [9.17, 15) is 37.5 Å². The quantitative estimate of drug-likeness (QED) is 0.394. The number of primary amides is 1. The van der Waals surface area contributed by atoms with E-state index in [4.69, 9.17) is 5.73 Å². The van der Waals surface area contributed by atoms with Crippen molar-refractivity contribution >= 4 is 23.8 Å². The molecule has 0 saturated carbocycles. The van der Waals surface area contributed by atoms with E-state index in [1.165, 1.54) is 6.92 Å². The van der Waals surface area contributed by atoms with Crippen LogP contribution in [0, 0.1) is 11.8 Å². The second-order valence-electron chi connectivity index (χ2n) is 6.29. The van der Waals surface area contributed by atoms with Crippen molar-refractivity contribution in [3.8, 4) is 0 Å². The summed E-state index contributed by atoms with van der Waals surface area (Å²) in [7, 11) is 1.99. The number of benzene rings is 1. The van der Waals surface area contributed by atoms with Crippen molar-refractivity contribution in [2.75, 3.05) is 14.2 Å². The molecule has 0 aromatic heterocycles. The number of amides is 2. The van der Waals surface area contributed by atoms with Gasteiger partial charge in [-0.25, -0.2) is 0 Å². The number of aliphatic hydroxyl groups is 1. The molecule has 0 fully saturated rings. The Balaban J connectivity index is 3.06. The van der Waals surface area contributed by atoms with E-state index in [0.29, 0.717) is 12.1 Å². The first-order valence-corrected chi connectivity index (χ1v) is 8.45. The Morgan fingerprint density at radius 3 is 1.87 bits per heavy atom. The second-order valence-corrected chi connectivity index (χ2v) is 6.29. The summed E-state index contributed by atoms with van der Waals surface area (Å²) in [6.45, 7) is 1.25. The van der Waals surface area contributed by atoms with Crippen molar-refractivity contribution in [2.24, 2.45) is 17.6 Å². The maximum absolute atomic E-state index is 12.6. The van der Waals surface area contributed by atoms with Gasteiger partial charge in [0.1, 0.15) is 6.04 Å². The molecule has 0 spiro atoms. The highest BCUT2D eigenvalue weighted by molar-refractivity contribution is 5.97. The fraction of sp³-hybridized carbons (Fsp3) is 0.444. The van der Waals surface area contributed by atoms with Crippen molar-refractivity contribution in [1.82, 2.24) is 5.32 Å². The van der Waals surface area contributed by atoms with E-state index in [0.717, 1.165) is 26.4 Å². The highest BCUT2D eigenvalue weighted by atomic mass is 19.4. The lowest BCUT2D eigenvalue weighted by atomic mass is 9.86. The molecule has 0 bridgehead atoms. The minimum Gasteiger partial charge on any atom is -0.468 e. The predicted octanol–water partition coefficient (Wildman–Crippen LogP) is 0.307. The number of alkyl halides is 3. The molecule has 0 aliphatic heterocycles.